The second kappa shape index (κ2) is 2.92. The Morgan fingerprint density at radius 2 is 1.42 bits per heavy atom. The van der Waals surface area contributed by atoms with Gasteiger partial charge in [0.2, 0.25) is 6.29 Å². The smallest absolute Gasteiger partial charge is 0.239 e. The Hall–Kier alpha value is -1.39. The van der Waals surface area contributed by atoms with Crippen LogP contribution in [0, 0.1) is 23.3 Å². The Morgan fingerprint density at radius 3 is 1.75 bits per heavy atom. The van der Waals surface area contributed by atoms with Crippen molar-refractivity contribution >= 4 is 6.29 Å². The van der Waals surface area contributed by atoms with Crippen LogP contribution < -0.4 is 0 Å². The molecule has 1 aromatic carbocycles. The van der Waals surface area contributed by atoms with Crippen molar-refractivity contribution in [3.05, 3.63) is 34.9 Å². The second-order valence-electron chi connectivity index (χ2n) is 1.95. The number of hydrogen-bond acceptors (Lipinski definition) is 1. The predicted molar refractivity (Wildman–Crippen MR) is 31.1 cm³/mol. The molecule has 0 bridgehead atoms. The van der Waals surface area contributed by atoms with E-state index in [2.05, 4.69) is 0 Å². The molecule has 0 aliphatic carbocycles. The predicted octanol–water partition coefficient (Wildman–Crippen LogP) is 1.70. The minimum Gasteiger partial charge on any atom is -0.285 e. The lowest BCUT2D eigenvalue weighted by atomic mass is 10.2. The summed E-state index contributed by atoms with van der Waals surface area (Å²) in [5, 5.41) is 0. The highest BCUT2D eigenvalue weighted by Gasteiger charge is 2.18. The summed E-state index contributed by atoms with van der Waals surface area (Å²) in [6, 6.07) is 0.0194. The SMILES string of the molecule is O=[C]c1c(F)c(F)cc(F)c1F. The van der Waals surface area contributed by atoms with Crippen LogP contribution in [-0.2, 0) is 4.79 Å². The molecule has 0 fully saturated rings. The van der Waals surface area contributed by atoms with Crippen LogP contribution >= 0.6 is 0 Å². The van der Waals surface area contributed by atoms with Gasteiger partial charge in [-0.3, -0.25) is 4.79 Å². The van der Waals surface area contributed by atoms with Crippen molar-refractivity contribution in [2.24, 2.45) is 0 Å². The molecule has 0 N–H and O–H groups in total. The molecule has 0 aliphatic heterocycles. The van der Waals surface area contributed by atoms with Gasteiger partial charge in [0, 0.05) is 6.07 Å². The van der Waals surface area contributed by atoms with E-state index in [4.69, 9.17) is 0 Å². The molecule has 5 heteroatoms. The van der Waals surface area contributed by atoms with E-state index in [-0.39, 0.29) is 6.07 Å². The molecule has 1 radical (unpaired) electrons. The van der Waals surface area contributed by atoms with Gasteiger partial charge in [0.15, 0.2) is 23.3 Å². The van der Waals surface area contributed by atoms with Gasteiger partial charge in [-0.2, -0.15) is 0 Å². The van der Waals surface area contributed by atoms with Gasteiger partial charge >= 0.3 is 0 Å². The first-order valence-corrected chi connectivity index (χ1v) is 2.79. The fraction of sp³-hybridized carbons (Fsp3) is 0. The summed E-state index contributed by atoms with van der Waals surface area (Å²) >= 11 is 0. The molecule has 0 unspecified atom stereocenters. The Morgan fingerprint density at radius 1 is 1.00 bits per heavy atom. The lowest BCUT2D eigenvalue weighted by molar-refractivity contribution is 0.447. The van der Waals surface area contributed by atoms with Crippen molar-refractivity contribution in [1.29, 1.82) is 0 Å². The topological polar surface area (TPSA) is 17.1 Å². The molecule has 0 saturated carbocycles. The van der Waals surface area contributed by atoms with Gasteiger partial charge in [-0.15, -0.1) is 0 Å². The van der Waals surface area contributed by atoms with Crippen LogP contribution in [0.4, 0.5) is 17.6 Å². The average molecular weight is 177 g/mol. The maximum atomic E-state index is 12.4. The molecular formula is C7HF4O. The van der Waals surface area contributed by atoms with Gasteiger partial charge in [-0.05, 0) is 0 Å². The summed E-state index contributed by atoms with van der Waals surface area (Å²) in [5.41, 5.74) is -1.35. The third-order valence-corrected chi connectivity index (χ3v) is 1.21. The van der Waals surface area contributed by atoms with Gasteiger partial charge in [0.25, 0.3) is 0 Å². The first kappa shape index (κ1) is 8.70. The second-order valence-corrected chi connectivity index (χ2v) is 1.95. The van der Waals surface area contributed by atoms with Crippen molar-refractivity contribution in [3.8, 4) is 0 Å². The number of carbonyl (C=O) groups excluding carboxylic acids is 1. The number of halogens is 4. The third-order valence-electron chi connectivity index (χ3n) is 1.21. The van der Waals surface area contributed by atoms with E-state index in [1.54, 1.807) is 0 Å². The number of benzene rings is 1. The highest BCUT2D eigenvalue weighted by atomic mass is 19.2. The summed E-state index contributed by atoms with van der Waals surface area (Å²) in [7, 11) is 0. The molecule has 63 valence electrons. The minimum absolute atomic E-state index is 0.0194. The normalized spacial score (nSPS) is 10.0. The zero-order valence-electron chi connectivity index (χ0n) is 5.50. The Labute approximate surface area is 64.6 Å². The molecule has 0 heterocycles. The van der Waals surface area contributed by atoms with Crippen LogP contribution in [0.15, 0.2) is 6.07 Å². The van der Waals surface area contributed by atoms with Crippen LogP contribution in [0.3, 0.4) is 0 Å². The number of rotatable bonds is 1. The fourth-order valence-electron chi connectivity index (χ4n) is 0.663. The largest absolute Gasteiger partial charge is 0.285 e. The minimum atomic E-state index is -1.73. The van der Waals surface area contributed by atoms with E-state index in [0.717, 1.165) is 6.29 Å². The van der Waals surface area contributed by atoms with E-state index < -0.39 is 28.8 Å². The molecule has 1 nitrogen and oxygen atoms in total. The Balaban J connectivity index is 3.52. The molecule has 1 aromatic rings. The van der Waals surface area contributed by atoms with Crippen LogP contribution in [0.1, 0.15) is 5.56 Å². The van der Waals surface area contributed by atoms with Crippen LogP contribution in [-0.4, -0.2) is 6.29 Å². The van der Waals surface area contributed by atoms with Crippen molar-refractivity contribution in [3.63, 3.8) is 0 Å². The summed E-state index contributed by atoms with van der Waals surface area (Å²) < 4.78 is 49.3. The van der Waals surface area contributed by atoms with E-state index in [1.807, 2.05) is 0 Å². The van der Waals surface area contributed by atoms with Gasteiger partial charge in [-0.1, -0.05) is 0 Å². The molecule has 0 aliphatic rings. The highest BCUT2D eigenvalue weighted by Crippen LogP contribution is 2.16. The van der Waals surface area contributed by atoms with Gasteiger partial charge in [0.05, 0.1) is 0 Å². The van der Waals surface area contributed by atoms with E-state index in [1.165, 1.54) is 0 Å². The van der Waals surface area contributed by atoms with Crippen molar-refractivity contribution < 1.29 is 22.4 Å². The molecule has 1 rings (SSSR count). The zero-order chi connectivity index (χ0) is 9.30. The fourth-order valence-corrected chi connectivity index (χ4v) is 0.663. The quantitative estimate of drug-likeness (QED) is 0.471. The van der Waals surface area contributed by atoms with Crippen LogP contribution in [0.5, 0.6) is 0 Å². The molecule has 12 heavy (non-hydrogen) atoms. The standard InChI is InChI=1S/C7HF4O/c8-4-1-5(9)7(11)3(2-12)6(4)10/h1H. The molecule has 0 aromatic heterocycles. The Kier molecular flexibility index (Phi) is 2.12. The molecule has 0 saturated heterocycles. The molecule has 0 amide bonds. The first-order chi connectivity index (χ1) is 5.57. The summed E-state index contributed by atoms with van der Waals surface area (Å²) in [6.07, 6.45) is 0.765. The first-order valence-electron chi connectivity index (χ1n) is 2.79. The van der Waals surface area contributed by atoms with Gasteiger partial charge in [0.1, 0.15) is 5.56 Å². The number of hydrogen-bond donors (Lipinski definition) is 0. The summed E-state index contributed by atoms with van der Waals surface area (Å²) in [4.78, 5) is 9.81. The van der Waals surface area contributed by atoms with Crippen molar-refractivity contribution in [2.45, 2.75) is 0 Å². The van der Waals surface area contributed by atoms with Gasteiger partial charge < -0.3 is 0 Å². The summed E-state index contributed by atoms with van der Waals surface area (Å²) in [6.45, 7) is 0. The molecular weight excluding hydrogens is 176 g/mol. The van der Waals surface area contributed by atoms with E-state index in [9.17, 15) is 22.4 Å². The monoisotopic (exact) mass is 177 g/mol. The van der Waals surface area contributed by atoms with Crippen LogP contribution in [0.2, 0.25) is 0 Å². The Bertz CT molecular complexity index is 308. The third kappa shape index (κ3) is 1.17. The summed E-state index contributed by atoms with van der Waals surface area (Å²) in [5.74, 6) is -6.70. The van der Waals surface area contributed by atoms with Gasteiger partial charge in [-0.25, -0.2) is 17.6 Å². The molecule has 0 spiro atoms. The highest BCUT2D eigenvalue weighted by molar-refractivity contribution is 5.76. The zero-order valence-corrected chi connectivity index (χ0v) is 5.50. The lowest BCUT2D eigenvalue weighted by Crippen LogP contribution is -2.01. The van der Waals surface area contributed by atoms with E-state index >= 15 is 0 Å². The molecule has 0 atom stereocenters. The van der Waals surface area contributed by atoms with Crippen molar-refractivity contribution in [1.82, 2.24) is 0 Å². The lowest BCUT2D eigenvalue weighted by Gasteiger charge is -1.98. The maximum absolute atomic E-state index is 12.4. The van der Waals surface area contributed by atoms with Crippen molar-refractivity contribution in [2.75, 3.05) is 0 Å². The maximum Gasteiger partial charge on any atom is 0.239 e. The van der Waals surface area contributed by atoms with E-state index in [0.29, 0.717) is 0 Å². The van der Waals surface area contributed by atoms with Crippen LogP contribution in [0.25, 0.3) is 0 Å². The average Bonchev–Trinajstić information content (AvgIpc) is 2.02.